The Balaban J connectivity index is 1.53. The van der Waals surface area contributed by atoms with Crippen molar-refractivity contribution in [3.05, 3.63) is 0 Å². The van der Waals surface area contributed by atoms with Crippen molar-refractivity contribution in [3.63, 3.8) is 0 Å². The minimum Gasteiger partial charge on any atom is -0.353 e. The number of hydrogen-bond donors (Lipinski definition) is 0. The van der Waals surface area contributed by atoms with E-state index < -0.39 is 0 Å². The van der Waals surface area contributed by atoms with E-state index in [9.17, 15) is 0 Å². The van der Waals surface area contributed by atoms with Crippen molar-refractivity contribution in [3.8, 4) is 0 Å². The van der Waals surface area contributed by atoms with E-state index in [0.29, 0.717) is 40.0 Å². The predicted octanol–water partition coefficient (Wildman–Crippen LogP) is -0.277. The highest BCUT2D eigenvalue weighted by Crippen LogP contribution is 2.05. The minimum absolute atomic E-state index is 0.0378. The van der Waals surface area contributed by atoms with Crippen LogP contribution in [-0.2, 0) is 28.4 Å². The van der Waals surface area contributed by atoms with Crippen LogP contribution in [0.5, 0.6) is 0 Å². The van der Waals surface area contributed by atoms with Crippen molar-refractivity contribution in [2.75, 3.05) is 46.8 Å². The Morgan fingerprint density at radius 1 is 0.733 bits per heavy atom. The maximum absolute atomic E-state index is 5.40. The van der Waals surface area contributed by atoms with Crippen molar-refractivity contribution in [2.24, 2.45) is 0 Å². The molecule has 0 aromatic rings. The summed E-state index contributed by atoms with van der Waals surface area (Å²) in [5, 5.41) is 0. The monoisotopic (exact) mass is 220 g/mol. The number of hydrogen-bond acceptors (Lipinski definition) is 6. The second-order valence-corrected chi connectivity index (χ2v) is 3.41. The molecule has 0 spiro atoms. The zero-order valence-electron chi connectivity index (χ0n) is 8.55. The molecule has 2 heterocycles. The molecule has 0 radical (unpaired) electrons. The molecule has 2 aliphatic heterocycles. The van der Waals surface area contributed by atoms with Gasteiger partial charge in [0.25, 0.3) is 0 Å². The van der Waals surface area contributed by atoms with Gasteiger partial charge in [-0.3, -0.25) is 0 Å². The lowest BCUT2D eigenvalue weighted by molar-refractivity contribution is -0.227. The minimum atomic E-state index is -0.0378. The fourth-order valence-electron chi connectivity index (χ4n) is 1.36. The first-order chi connectivity index (χ1) is 7.45. The maximum Gasteiger partial charge on any atom is 0.147 e. The van der Waals surface area contributed by atoms with Gasteiger partial charge >= 0.3 is 0 Å². The first kappa shape index (κ1) is 11.3. The Labute approximate surface area is 88.3 Å². The van der Waals surface area contributed by atoms with Gasteiger partial charge in [0.15, 0.2) is 0 Å². The number of rotatable bonds is 4. The van der Waals surface area contributed by atoms with E-state index >= 15 is 0 Å². The molecule has 88 valence electrons. The van der Waals surface area contributed by atoms with Crippen LogP contribution < -0.4 is 0 Å². The fraction of sp³-hybridized carbons (Fsp3) is 1.00. The molecular formula is C9H16O6. The molecule has 2 saturated heterocycles. The summed E-state index contributed by atoms with van der Waals surface area (Å²) in [6, 6.07) is 0. The highest BCUT2D eigenvalue weighted by Gasteiger charge is 2.17. The van der Waals surface area contributed by atoms with Crippen molar-refractivity contribution in [2.45, 2.75) is 12.2 Å². The van der Waals surface area contributed by atoms with Crippen LogP contribution in [-0.4, -0.2) is 59.0 Å². The molecule has 6 nitrogen and oxygen atoms in total. The molecule has 0 atom stereocenters. The molecule has 0 saturated carbocycles. The van der Waals surface area contributed by atoms with Crippen LogP contribution in [0.25, 0.3) is 0 Å². The highest BCUT2D eigenvalue weighted by molar-refractivity contribution is 4.58. The van der Waals surface area contributed by atoms with E-state index in [1.807, 2.05) is 0 Å². The molecule has 0 aliphatic carbocycles. The quantitative estimate of drug-likeness (QED) is 0.607. The molecule has 15 heavy (non-hydrogen) atoms. The summed E-state index contributed by atoms with van der Waals surface area (Å²) < 4.78 is 31.1. The molecule has 0 bridgehead atoms. The molecule has 0 unspecified atom stereocenters. The van der Waals surface area contributed by atoms with Crippen LogP contribution in [0.3, 0.4) is 0 Å². The fourth-order valence-corrected chi connectivity index (χ4v) is 1.36. The lowest BCUT2D eigenvalue weighted by Gasteiger charge is -2.25. The van der Waals surface area contributed by atoms with Gasteiger partial charge in [0, 0.05) is 0 Å². The lowest BCUT2D eigenvalue weighted by Crippen LogP contribution is -2.35. The van der Waals surface area contributed by atoms with Crippen LogP contribution in [0.1, 0.15) is 0 Å². The van der Waals surface area contributed by atoms with Gasteiger partial charge in [0.2, 0.25) is 0 Å². The molecule has 2 aliphatic rings. The zero-order valence-corrected chi connectivity index (χ0v) is 8.55. The third-order valence-corrected chi connectivity index (χ3v) is 2.16. The number of ether oxygens (including phenoxy) is 6. The summed E-state index contributed by atoms with van der Waals surface area (Å²) in [7, 11) is 0. The van der Waals surface area contributed by atoms with Crippen LogP contribution in [0.4, 0.5) is 0 Å². The van der Waals surface area contributed by atoms with Crippen LogP contribution in [0.15, 0.2) is 0 Å². The molecule has 2 rings (SSSR count). The molecule has 0 N–H and O–H groups in total. The van der Waals surface area contributed by atoms with E-state index in [0.717, 1.165) is 0 Å². The van der Waals surface area contributed by atoms with Crippen LogP contribution in [0, 0.1) is 0 Å². The van der Waals surface area contributed by atoms with Gasteiger partial charge in [-0.05, 0) is 0 Å². The zero-order chi connectivity index (χ0) is 10.3. The highest BCUT2D eigenvalue weighted by atomic mass is 16.7. The molecular weight excluding hydrogens is 204 g/mol. The van der Waals surface area contributed by atoms with Crippen LogP contribution in [0.2, 0.25) is 0 Å². The summed E-state index contributed by atoms with van der Waals surface area (Å²) in [5.41, 5.74) is 0. The molecule has 0 aromatic carbocycles. The van der Waals surface area contributed by atoms with Crippen molar-refractivity contribution in [1.82, 2.24) is 0 Å². The Morgan fingerprint density at radius 2 is 1.13 bits per heavy atom. The van der Waals surface area contributed by atoms with E-state index in [1.54, 1.807) is 0 Å². The van der Waals surface area contributed by atoms with Gasteiger partial charge in [-0.25, -0.2) is 0 Å². The largest absolute Gasteiger partial charge is 0.353 e. The Kier molecular flexibility index (Phi) is 4.78. The summed E-state index contributed by atoms with van der Waals surface area (Å²) in [6.45, 7) is 3.15. The Morgan fingerprint density at radius 3 is 1.53 bits per heavy atom. The standard InChI is InChI=1S/C9H16O6/c1-8(2-11-5-10-1)14-7-15-9-3-12-6-13-4-9/h8-9H,1-7H2. The van der Waals surface area contributed by atoms with E-state index in [2.05, 4.69) is 0 Å². The lowest BCUT2D eigenvalue weighted by atomic mass is 10.4. The summed E-state index contributed by atoms with van der Waals surface area (Å²) >= 11 is 0. The van der Waals surface area contributed by atoms with Gasteiger partial charge in [-0.2, -0.15) is 0 Å². The summed E-state index contributed by atoms with van der Waals surface area (Å²) in [4.78, 5) is 0. The Bertz CT molecular complexity index is 146. The first-order valence-electron chi connectivity index (χ1n) is 4.99. The maximum atomic E-state index is 5.40. The third kappa shape index (κ3) is 4.02. The second kappa shape index (κ2) is 6.37. The summed E-state index contributed by atoms with van der Waals surface area (Å²) in [5.74, 6) is 0. The predicted molar refractivity (Wildman–Crippen MR) is 48.2 cm³/mol. The SMILES string of the molecule is C1OCC(OCOC2COCOC2)CO1. The third-order valence-electron chi connectivity index (χ3n) is 2.16. The van der Waals surface area contributed by atoms with E-state index in [1.165, 1.54) is 0 Å². The normalized spacial score (nSPS) is 25.6. The topological polar surface area (TPSA) is 55.4 Å². The van der Waals surface area contributed by atoms with E-state index in [4.69, 9.17) is 28.4 Å². The van der Waals surface area contributed by atoms with Gasteiger partial charge in [-0.1, -0.05) is 0 Å². The average molecular weight is 220 g/mol. The Hall–Kier alpha value is -0.240. The van der Waals surface area contributed by atoms with Crippen molar-refractivity contribution < 1.29 is 28.4 Å². The van der Waals surface area contributed by atoms with Crippen LogP contribution >= 0.6 is 0 Å². The average Bonchev–Trinajstić information content (AvgIpc) is 2.32. The van der Waals surface area contributed by atoms with Crippen molar-refractivity contribution >= 4 is 0 Å². The molecule has 0 aromatic heterocycles. The first-order valence-corrected chi connectivity index (χ1v) is 4.99. The van der Waals surface area contributed by atoms with E-state index in [-0.39, 0.29) is 19.0 Å². The van der Waals surface area contributed by atoms with Gasteiger partial charge in [0.05, 0.1) is 26.4 Å². The van der Waals surface area contributed by atoms with Crippen molar-refractivity contribution in [1.29, 1.82) is 0 Å². The second-order valence-electron chi connectivity index (χ2n) is 3.41. The summed E-state index contributed by atoms with van der Waals surface area (Å²) in [6.07, 6.45) is -0.0756. The van der Waals surface area contributed by atoms with Gasteiger partial charge < -0.3 is 28.4 Å². The molecule has 2 fully saturated rings. The molecule has 6 heteroatoms. The smallest absolute Gasteiger partial charge is 0.147 e. The van der Waals surface area contributed by atoms with Gasteiger partial charge in [-0.15, -0.1) is 0 Å². The molecule has 0 amide bonds. The van der Waals surface area contributed by atoms with Gasteiger partial charge in [0.1, 0.15) is 32.6 Å².